The molecule has 118 valence electrons. The largest absolute Gasteiger partial charge is 0.307 e. The summed E-state index contributed by atoms with van der Waals surface area (Å²) in [5.41, 5.74) is 1.21. The third-order valence-corrected chi connectivity index (χ3v) is 4.87. The first-order valence-corrected chi connectivity index (χ1v) is 8.81. The van der Waals surface area contributed by atoms with E-state index in [-0.39, 0.29) is 0 Å². The lowest BCUT2D eigenvalue weighted by Gasteiger charge is -2.34. The molecule has 1 N–H and O–H groups in total. The maximum atomic E-state index is 6.28. The lowest BCUT2D eigenvalue weighted by Crippen LogP contribution is -2.43. The Labute approximate surface area is 134 Å². The first kappa shape index (κ1) is 16.8. The van der Waals surface area contributed by atoms with Gasteiger partial charge in [-0.05, 0) is 57.5 Å². The van der Waals surface area contributed by atoms with Crippen molar-refractivity contribution in [2.75, 3.05) is 19.6 Å². The van der Waals surface area contributed by atoms with Crippen LogP contribution in [0.25, 0.3) is 0 Å². The van der Waals surface area contributed by atoms with Crippen LogP contribution in [0.1, 0.15) is 57.6 Å². The van der Waals surface area contributed by atoms with E-state index < -0.39 is 0 Å². The molecule has 1 unspecified atom stereocenters. The molecule has 3 heteroatoms. The van der Waals surface area contributed by atoms with E-state index in [4.69, 9.17) is 11.6 Å². The fourth-order valence-corrected chi connectivity index (χ4v) is 3.48. The van der Waals surface area contributed by atoms with Crippen LogP contribution in [-0.4, -0.2) is 30.6 Å². The van der Waals surface area contributed by atoms with Gasteiger partial charge in [-0.3, -0.25) is 0 Å². The van der Waals surface area contributed by atoms with Crippen LogP contribution >= 0.6 is 11.6 Å². The number of piperidine rings is 1. The van der Waals surface area contributed by atoms with Crippen LogP contribution in [0.2, 0.25) is 5.02 Å². The highest BCUT2D eigenvalue weighted by atomic mass is 35.5. The molecular formula is C18H29ClN2. The summed E-state index contributed by atoms with van der Waals surface area (Å²) in [7, 11) is 0. The van der Waals surface area contributed by atoms with Gasteiger partial charge in [-0.1, -0.05) is 49.6 Å². The van der Waals surface area contributed by atoms with Crippen LogP contribution in [0.15, 0.2) is 24.3 Å². The van der Waals surface area contributed by atoms with Crippen molar-refractivity contribution in [2.24, 2.45) is 0 Å². The average molecular weight is 309 g/mol. The maximum absolute atomic E-state index is 6.28. The molecule has 1 aromatic carbocycles. The normalized spacial score (nSPS) is 18.8. The highest BCUT2D eigenvalue weighted by Crippen LogP contribution is 2.24. The molecule has 21 heavy (non-hydrogen) atoms. The Morgan fingerprint density at radius 1 is 1.24 bits per heavy atom. The molecule has 0 aliphatic carbocycles. The predicted octanol–water partition coefficient (Wildman–Crippen LogP) is 4.65. The fourth-order valence-electron chi connectivity index (χ4n) is 3.18. The average Bonchev–Trinajstić information content (AvgIpc) is 2.49. The SMILES string of the molecule is CCCCCN1CCC(NC(C)c2ccccc2Cl)CC1. The molecule has 0 spiro atoms. The fraction of sp³-hybridized carbons (Fsp3) is 0.667. The second-order valence-corrected chi connectivity index (χ2v) is 6.64. The summed E-state index contributed by atoms with van der Waals surface area (Å²) in [6, 6.07) is 9.11. The lowest BCUT2D eigenvalue weighted by atomic mass is 10.0. The second-order valence-electron chi connectivity index (χ2n) is 6.23. The minimum absolute atomic E-state index is 0.329. The number of nitrogens with zero attached hydrogens (tertiary/aromatic N) is 1. The number of unbranched alkanes of at least 4 members (excludes halogenated alkanes) is 2. The zero-order valence-electron chi connectivity index (χ0n) is 13.4. The van der Waals surface area contributed by atoms with E-state index in [9.17, 15) is 0 Å². The monoisotopic (exact) mass is 308 g/mol. The summed E-state index contributed by atoms with van der Waals surface area (Å²) < 4.78 is 0. The van der Waals surface area contributed by atoms with Crippen molar-refractivity contribution in [3.63, 3.8) is 0 Å². The van der Waals surface area contributed by atoms with Crippen molar-refractivity contribution in [1.29, 1.82) is 0 Å². The Morgan fingerprint density at radius 3 is 2.62 bits per heavy atom. The summed E-state index contributed by atoms with van der Waals surface area (Å²) in [6.07, 6.45) is 6.53. The van der Waals surface area contributed by atoms with E-state index in [2.05, 4.69) is 36.2 Å². The molecule has 1 atom stereocenters. The Hall–Kier alpha value is -0.570. The molecular weight excluding hydrogens is 280 g/mol. The zero-order valence-corrected chi connectivity index (χ0v) is 14.2. The molecule has 1 aliphatic heterocycles. The minimum atomic E-state index is 0.329. The van der Waals surface area contributed by atoms with Crippen molar-refractivity contribution >= 4 is 11.6 Å². The van der Waals surface area contributed by atoms with Gasteiger partial charge in [0.2, 0.25) is 0 Å². The maximum Gasteiger partial charge on any atom is 0.0453 e. The van der Waals surface area contributed by atoms with Crippen LogP contribution in [0.3, 0.4) is 0 Å². The molecule has 1 heterocycles. The van der Waals surface area contributed by atoms with Gasteiger partial charge in [-0.2, -0.15) is 0 Å². The number of hydrogen-bond acceptors (Lipinski definition) is 2. The summed E-state index contributed by atoms with van der Waals surface area (Å²) in [5.74, 6) is 0. The van der Waals surface area contributed by atoms with Gasteiger partial charge < -0.3 is 10.2 Å². The Morgan fingerprint density at radius 2 is 1.95 bits per heavy atom. The van der Waals surface area contributed by atoms with E-state index in [1.54, 1.807) is 0 Å². The molecule has 0 bridgehead atoms. The molecule has 2 rings (SSSR count). The number of benzene rings is 1. The van der Waals surface area contributed by atoms with Crippen molar-refractivity contribution in [3.05, 3.63) is 34.9 Å². The molecule has 1 aromatic rings. The first-order chi connectivity index (χ1) is 10.2. The summed E-state index contributed by atoms with van der Waals surface area (Å²) in [4.78, 5) is 2.62. The van der Waals surface area contributed by atoms with Gasteiger partial charge in [0.1, 0.15) is 0 Å². The van der Waals surface area contributed by atoms with Crippen LogP contribution in [0.5, 0.6) is 0 Å². The predicted molar refractivity (Wildman–Crippen MR) is 92.0 cm³/mol. The van der Waals surface area contributed by atoms with E-state index in [0.29, 0.717) is 12.1 Å². The smallest absolute Gasteiger partial charge is 0.0453 e. The summed E-state index contributed by atoms with van der Waals surface area (Å²) in [6.45, 7) is 8.23. The van der Waals surface area contributed by atoms with Crippen LogP contribution in [0, 0.1) is 0 Å². The standard InChI is InChI=1S/C18H29ClN2/c1-3-4-7-12-21-13-10-16(11-14-21)20-15(2)17-8-5-6-9-18(17)19/h5-6,8-9,15-16,20H,3-4,7,10-14H2,1-2H3. The summed E-state index contributed by atoms with van der Waals surface area (Å²) in [5, 5.41) is 4.62. The minimum Gasteiger partial charge on any atom is -0.307 e. The molecule has 2 nitrogen and oxygen atoms in total. The summed E-state index contributed by atoms with van der Waals surface area (Å²) >= 11 is 6.28. The number of hydrogen-bond donors (Lipinski definition) is 1. The van der Waals surface area contributed by atoms with Gasteiger partial charge in [0.05, 0.1) is 0 Å². The van der Waals surface area contributed by atoms with Crippen LogP contribution in [0.4, 0.5) is 0 Å². The topological polar surface area (TPSA) is 15.3 Å². The van der Waals surface area contributed by atoms with Gasteiger partial charge in [0, 0.05) is 17.1 Å². The highest BCUT2D eigenvalue weighted by molar-refractivity contribution is 6.31. The third-order valence-electron chi connectivity index (χ3n) is 4.52. The van der Waals surface area contributed by atoms with Gasteiger partial charge >= 0.3 is 0 Å². The zero-order chi connectivity index (χ0) is 15.1. The highest BCUT2D eigenvalue weighted by Gasteiger charge is 2.21. The molecule has 1 fully saturated rings. The van der Waals surface area contributed by atoms with Gasteiger partial charge in [0.25, 0.3) is 0 Å². The lowest BCUT2D eigenvalue weighted by molar-refractivity contribution is 0.189. The van der Waals surface area contributed by atoms with Crippen LogP contribution in [-0.2, 0) is 0 Å². The molecule has 0 aromatic heterocycles. The van der Waals surface area contributed by atoms with Crippen molar-refractivity contribution in [1.82, 2.24) is 10.2 Å². The van der Waals surface area contributed by atoms with Crippen LogP contribution < -0.4 is 5.32 Å². The van der Waals surface area contributed by atoms with E-state index in [0.717, 1.165) is 5.02 Å². The van der Waals surface area contributed by atoms with E-state index >= 15 is 0 Å². The number of likely N-dealkylation sites (tertiary alicyclic amines) is 1. The number of rotatable bonds is 7. The third kappa shape index (κ3) is 5.28. The van der Waals surface area contributed by atoms with Gasteiger partial charge in [0.15, 0.2) is 0 Å². The first-order valence-electron chi connectivity index (χ1n) is 8.43. The number of nitrogens with one attached hydrogen (secondary N) is 1. The van der Waals surface area contributed by atoms with Crippen molar-refractivity contribution < 1.29 is 0 Å². The van der Waals surface area contributed by atoms with Crippen molar-refractivity contribution in [2.45, 2.75) is 58.0 Å². The Balaban J connectivity index is 1.74. The molecule has 0 radical (unpaired) electrons. The van der Waals surface area contributed by atoms with E-state index in [1.165, 1.54) is 57.3 Å². The van der Waals surface area contributed by atoms with Gasteiger partial charge in [-0.25, -0.2) is 0 Å². The molecule has 0 saturated carbocycles. The quantitative estimate of drug-likeness (QED) is 0.738. The van der Waals surface area contributed by atoms with Crippen molar-refractivity contribution in [3.8, 4) is 0 Å². The second kappa shape index (κ2) is 8.77. The Kier molecular flexibility index (Phi) is 7.01. The van der Waals surface area contributed by atoms with Gasteiger partial charge in [-0.15, -0.1) is 0 Å². The Bertz CT molecular complexity index is 413. The number of halogens is 1. The molecule has 1 saturated heterocycles. The molecule has 1 aliphatic rings. The molecule has 0 amide bonds. The van der Waals surface area contributed by atoms with E-state index in [1.807, 2.05) is 12.1 Å².